The Bertz CT molecular complexity index is 692. The highest BCUT2D eigenvalue weighted by Gasteiger charge is 2.17. The molecule has 0 N–H and O–H groups in total. The zero-order valence-corrected chi connectivity index (χ0v) is 13.4. The summed E-state index contributed by atoms with van der Waals surface area (Å²) in [5.74, 6) is 0.435. The topological polar surface area (TPSA) is 33.0 Å². The average Bonchev–Trinajstić information content (AvgIpc) is 2.48. The van der Waals surface area contributed by atoms with Gasteiger partial charge in [-0.25, -0.2) is 0 Å². The minimum Gasteiger partial charge on any atom is -0.496 e. The first-order chi connectivity index (χ1) is 10.0. The van der Waals surface area contributed by atoms with Crippen molar-refractivity contribution in [2.45, 2.75) is 19.3 Å². The van der Waals surface area contributed by atoms with E-state index >= 15 is 0 Å². The predicted molar refractivity (Wildman–Crippen MR) is 86.3 cm³/mol. The molecule has 2 rings (SSSR count). The number of methoxy groups -OCH3 is 1. The molecule has 0 aromatic heterocycles. The van der Waals surface area contributed by atoms with Crippen LogP contribution < -0.4 is 4.74 Å². The van der Waals surface area contributed by atoms with Gasteiger partial charge in [0.25, 0.3) is 0 Å². The second kappa shape index (κ2) is 6.85. The Morgan fingerprint density at radius 2 is 1.90 bits per heavy atom. The fourth-order valence-electron chi connectivity index (χ4n) is 2.25. The van der Waals surface area contributed by atoms with E-state index in [1.54, 1.807) is 19.2 Å². The number of rotatable bonds is 4. The summed E-state index contributed by atoms with van der Waals surface area (Å²) < 4.78 is 5.37. The van der Waals surface area contributed by atoms with E-state index in [-0.39, 0.29) is 5.92 Å². The molecule has 0 saturated heterocycles. The van der Waals surface area contributed by atoms with Crippen molar-refractivity contribution in [3.05, 3.63) is 63.1 Å². The van der Waals surface area contributed by atoms with Gasteiger partial charge in [0.1, 0.15) is 5.75 Å². The van der Waals surface area contributed by atoms with Gasteiger partial charge in [-0.1, -0.05) is 47.0 Å². The number of nitrogens with zero attached hydrogens (tertiary/aromatic N) is 1. The summed E-state index contributed by atoms with van der Waals surface area (Å²) in [6.07, 6.45) is 0.563. The number of benzene rings is 2. The molecule has 0 bridgehead atoms. The molecule has 21 heavy (non-hydrogen) atoms. The van der Waals surface area contributed by atoms with Crippen molar-refractivity contribution in [2.24, 2.45) is 0 Å². The van der Waals surface area contributed by atoms with Gasteiger partial charge in [0.2, 0.25) is 0 Å². The van der Waals surface area contributed by atoms with E-state index in [4.69, 9.17) is 27.9 Å². The highest BCUT2D eigenvalue weighted by molar-refractivity contribution is 6.42. The molecule has 0 aliphatic heterocycles. The second-order valence-corrected chi connectivity index (χ2v) is 5.69. The van der Waals surface area contributed by atoms with Gasteiger partial charge in [0.05, 0.1) is 29.1 Å². The van der Waals surface area contributed by atoms with Gasteiger partial charge < -0.3 is 4.74 Å². The molecule has 1 atom stereocenters. The monoisotopic (exact) mass is 319 g/mol. The molecule has 0 spiro atoms. The maximum Gasteiger partial charge on any atom is 0.123 e. The number of hydrogen-bond donors (Lipinski definition) is 0. The third kappa shape index (κ3) is 3.69. The molecule has 108 valence electrons. The summed E-state index contributed by atoms with van der Waals surface area (Å²) >= 11 is 12.0. The molecule has 0 fully saturated rings. The van der Waals surface area contributed by atoms with Crippen molar-refractivity contribution in [2.75, 3.05) is 7.11 Å². The minimum atomic E-state index is -0.294. The van der Waals surface area contributed by atoms with E-state index < -0.39 is 0 Å². The van der Waals surface area contributed by atoms with Crippen molar-refractivity contribution in [3.8, 4) is 11.8 Å². The second-order valence-electron chi connectivity index (χ2n) is 4.88. The summed E-state index contributed by atoms with van der Waals surface area (Å²) in [6, 6.07) is 13.6. The largest absolute Gasteiger partial charge is 0.496 e. The van der Waals surface area contributed by atoms with Gasteiger partial charge >= 0.3 is 0 Å². The first-order valence-electron chi connectivity index (χ1n) is 6.53. The summed E-state index contributed by atoms with van der Waals surface area (Å²) in [7, 11) is 1.61. The molecule has 0 saturated carbocycles. The zero-order valence-electron chi connectivity index (χ0n) is 11.9. The van der Waals surface area contributed by atoms with Crippen LogP contribution in [0.4, 0.5) is 0 Å². The van der Waals surface area contributed by atoms with Gasteiger partial charge in [-0.2, -0.15) is 5.26 Å². The smallest absolute Gasteiger partial charge is 0.123 e. The normalized spacial score (nSPS) is 11.8. The number of aryl methyl sites for hydroxylation is 1. The summed E-state index contributed by atoms with van der Waals surface area (Å²) in [6.45, 7) is 2.00. The number of nitriles is 1. The third-order valence-electron chi connectivity index (χ3n) is 3.34. The molecule has 1 unspecified atom stereocenters. The fourth-order valence-corrected chi connectivity index (χ4v) is 2.57. The van der Waals surface area contributed by atoms with Gasteiger partial charge in [-0.05, 0) is 37.1 Å². The third-order valence-corrected chi connectivity index (χ3v) is 4.08. The van der Waals surface area contributed by atoms with E-state index in [0.29, 0.717) is 16.5 Å². The summed E-state index contributed by atoms with van der Waals surface area (Å²) in [4.78, 5) is 0. The Hall–Kier alpha value is -1.69. The SMILES string of the molecule is COc1ccc(C)cc1C(C#N)Cc1ccc(Cl)c(Cl)c1. The molecule has 0 aliphatic rings. The van der Waals surface area contributed by atoms with Crippen LogP contribution in [-0.4, -0.2) is 7.11 Å². The van der Waals surface area contributed by atoms with Crippen LogP contribution in [-0.2, 0) is 6.42 Å². The lowest BCUT2D eigenvalue weighted by Crippen LogP contribution is -2.03. The fraction of sp³-hybridized carbons (Fsp3) is 0.235. The van der Waals surface area contributed by atoms with Gasteiger partial charge in [-0.15, -0.1) is 0 Å². The van der Waals surface area contributed by atoms with Crippen molar-refractivity contribution in [3.63, 3.8) is 0 Å². The summed E-state index contributed by atoms with van der Waals surface area (Å²) in [5.41, 5.74) is 2.96. The van der Waals surface area contributed by atoms with Gasteiger partial charge in [0.15, 0.2) is 0 Å². The number of ether oxygens (including phenoxy) is 1. The lowest BCUT2D eigenvalue weighted by Gasteiger charge is -2.15. The van der Waals surface area contributed by atoms with Gasteiger partial charge in [-0.3, -0.25) is 0 Å². The predicted octanol–water partition coefficient (Wildman–Crippen LogP) is 5.16. The van der Waals surface area contributed by atoms with Crippen LogP contribution in [0.3, 0.4) is 0 Å². The Kier molecular flexibility index (Phi) is 5.12. The van der Waals surface area contributed by atoms with Crippen LogP contribution >= 0.6 is 23.2 Å². The lowest BCUT2D eigenvalue weighted by molar-refractivity contribution is 0.408. The Balaban J connectivity index is 2.34. The van der Waals surface area contributed by atoms with E-state index in [9.17, 15) is 5.26 Å². The summed E-state index contributed by atoms with van der Waals surface area (Å²) in [5, 5.41) is 10.5. The molecule has 0 aliphatic carbocycles. The zero-order chi connectivity index (χ0) is 15.4. The van der Waals surface area contributed by atoms with Gasteiger partial charge in [0, 0.05) is 5.56 Å². The highest BCUT2D eigenvalue weighted by atomic mass is 35.5. The molecule has 2 aromatic rings. The Morgan fingerprint density at radius 1 is 1.14 bits per heavy atom. The first-order valence-corrected chi connectivity index (χ1v) is 7.29. The van der Waals surface area contributed by atoms with Crippen LogP contribution in [0.25, 0.3) is 0 Å². The molecule has 2 aromatic carbocycles. The van der Waals surface area contributed by atoms with E-state index in [0.717, 1.165) is 22.4 Å². The Morgan fingerprint density at radius 3 is 2.52 bits per heavy atom. The van der Waals surface area contributed by atoms with Crippen LogP contribution in [0, 0.1) is 18.3 Å². The van der Waals surface area contributed by atoms with E-state index in [1.807, 2.05) is 31.2 Å². The molecule has 0 radical (unpaired) electrons. The lowest BCUT2D eigenvalue weighted by atomic mass is 9.91. The van der Waals surface area contributed by atoms with E-state index in [2.05, 4.69) is 6.07 Å². The molecule has 0 amide bonds. The average molecular weight is 320 g/mol. The molecule has 2 nitrogen and oxygen atoms in total. The maximum atomic E-state index is 9.51. The number of halogens is 2. The maximum absolute atomic E-state index is 9.51. The van der Waals surface area contributed by atoms with Crippen molar-refractivity contribution in [1.29, 1.82) is 5.26 Å². The van der Waals surface area contributed by atoms with Crippen LogP contribution in [0.2, 0.25) is 10.0 Å². The first kappa shape index (κ1) is 15.7. The molecule has 0 heterocycles. The minimum absolute atomic E-state index is 0.294. The molecular weight excluding hydrogens is 305 g/mol. The number of hydrogen-bond acceptors (Lipinski definition) is 2. The standard InChI is InChI=1S/C17H15Cl2NO/c1-11-3-6-17(21-2)14(7-11)13(10-20)8-12-4-5-15(18)16(19)9-12/h3-7,9,13H,8H2,1-2H3. The van der Waals surface area contributed by atoms with E-state index in [1.165, 1.54) is 0 Å². The van der Waals surface area contributed by atoms with Crippen molar-refractivity contribution in [1.82, 2.24) is 0 Å². The highest BCUT2D eigenvalue weighted by Crippen LogP contribution is 2.31. The molecular formula is C17H15Cl2NO. The quantitative estimate of drug-likeness (QED) is 0.779. The van der Waals surface area contributed by atoms with Crippen molar-refractivity contribution < 1.29 is 4.74 Å². The molecule has 4 heteroatoms. The van der Waals surface area contributed by atoms with Crippen LogP contribution in [0.1, 0.15) is 22.6 Å². The van der Waals surface area contributed by atoms with Crippen LogP contribution in [0.15, 0.2) is 36.4 Å². The van der Waals surface area contributed by atoms with Crippen LogP contribution in [0.5, 0.6) is 5.75 Å². The van der Waals surface area contributed by atoms with Crippen molar-refractivity contribution >= 4 is 23.2 Å². The Labute approximate surface area is 134 Å².